The summed E-state index contributed by atoms with van der Waals surface area (Å²) in [5.74, 6) is 0. The van der Waals surface area contributed by atoms with Gasteiger partial charge in [0.15, 0.2) is 0 Å². The van der Waals surface area contributed by atoms with E-state index in [0.717, 1.165) is 13.1 Å². The molecule has 0 saturated heterocycles. The smallest absolute Gasteiger partial charge is 0.0490 e. The SMILES string of the molecule is CC.CC.CC.CC.CC.CCN(C)c1ccc2c(ccc3cc(N(CC)c4ccccc4-c4ccccc4)ccc32)c1. The normalized spacial score (nSPS) is 9.23. The first-order chi connectivity index (χ1) is 21.2. The molecule has 0 amide bonds. The summed E-state index contributed by atoms with van der Waals surface area (Å²) < 4.78 is 0. The van der Waals surface area contributed by atoms with E-state index in [-0.39, 0.29) is 0 Å². The molecule has 5 aromatic rings. The number of para-hydroxylation sites is 1. The van der Waals surface area contributed by atoms with Gasteiger partial charge in [-0.1, -0.05) is 142 Å². The molecule has 2 nitrogen and oxygen atoms in total. The highest BCUT2D eigenvalue weighted by molar-refractivity contribution is 6.09. The lowest BCUT2D eigenvalue weighted by Gasteiger charge is -2.26. The van der Waals surface area contributed by atoms with Crippen LogP contribution in [-0.2, 0) is 0 Å². The maximum absolute atomic E-state index is 2.41. The zero-order valence-electron chi connectivity index (χ0n) is 29.6. The lowest BCUT2D eigenvalue weighted by molar-refractivity contribution is 0.970. The third-order valence-corrected chi connectivity index (χ3v) is 6.63. The Kier molecular flexibility index (Phi) is 20.8. The van der Waals surface area contributed by atoms with Crippen LogP contribution < -0.4 is 9.80 Å². The van der Waals surface area contributed by atoms with Gasteiger partial charge in [0.05, 0.1) is 0 Å². The van der Waals surface area contributed by atoms with Crippen LogP contribution in [0.4, 0.5) is 17.1 Å². The molecule has 0 aliphatic heterocycles. The molecule has 0 bridgehead atoms. The van der Waals surface area contributed by atoms with Crippen LogP contribution in [0.1, 0.15) is 83.1 Å². The predicted molar refractivity (Wildman–Crippen MR) is 202 cm³/mol. The summed E-state index contributed by atoms with van der Waals surface area (Å²) >= 11 is 0. The average molecular weight is 581 g/mol. The fourth-order valence-electron chi connectivity index (χ4n) is 4.70. The molecule has 0 aromatic heterocycles. The molecule has 0 fully saturated rings. The Bertz CT molecular complexity index is 1410. The number of benzene rings is 5. The van der Waals surface area contributed by atoms with E-state index in [1.165, 1.54) is 49.7 Å². The lowest BCUT2D eigenvalue weighted by Crippen LogP contribution is -2.16. The van der Waals surface area contributed by atoms with Crippen molar-refractivity contribution < 1.29 is 0 Å². The van der Waals surface area contributed by atoms with Crippen molar-refractivity contribution in [1.82, 2.24) is 0 Å². The molecular weight excluding hydrogens is 520 g/mol. The van der Waals surface area contributed by atoms with E-state index in [2.05, 4.69) is 134 Å². The van der Waals surface area contributed by atoms with Crippen molar-refractivity contribution in [3.05, 3.63) is 103 Å². The Morgan fingerprint density at radius 2 is 0.930 bits per heavy atom. The number of hydrogen-bond donors (Lipinski definition) is 0. The molecule has 0 saturated carbocycles. The van der Waals surface area contributed by atoms with E-state index in [1.807, 2.05) is 69.2 Å². The number of fused-ring (bicyclic) bond motifs is 3. The van der Waals surface area contributed by atoms with Crippen molar-refractivity contribution in [1.29, 1.82) is 0 Å². The summed E-state index contributed by atoms with van der Waals surface area (Å²) in [5, 5.41) is 5.16. The molecule has 0 N–H and O–H groups in total. The lowest BCUT2D eigenvalue weighted by atomic mass is 9.99. The Morgan fingerprint density at radius 1 is 0.465 bits per heavy atom. The molecule has 0 atom stereocenters. The maximum atomic E-state index is 2.41. The van der Waals surface area contributed by atoms with Gasteiger partial charge in [-0.25, -0.2) is 0 Å². The van der Waals surface area contributed by atoms with Crippen molar-refractivity contribution in [2.45, 2.75) is 83.1 Å². The monoisotopic (exact) mass is 580 g/mol. The standard InChI is InChI=1S/C31H30N2.5C2H6/c1-4-32(3)26-17-19-28-24(21-26)15-16-25-22-27(18-20-29(25)28)33(5-2)31-14-10-9-13-30(31)23-11-7-6-8-12-23;5*1-2/h6-22H,4-5H2,1-3H3;5*1-2H3. The van der Waals surface area contributed by atoms with Crippen LogP contribution in [0.15, 0.2) is 103 Å². The zero-order valence-corrected chi connectivity index (χ0v) is 29.6. The molecule has 43 heavy (non-hydrogen) atoms. The minimum absolute atomic E-state index is 0.898. The van der Waals surface area contributed by atoms with Crippen molar-refractivity contribution in [3.8, 4) is 11.1 Å². The highest BCUT2D eigenvalue weighted by Crippen LogP contribution is 2.37. The summed E-state index contributed by atoms with van der Waals surface area (Å²) in [5.41, 5.74) is 6.21. The first kappa shape index (κ1) is 39.2. The molecule has 2 heteroatoms. The molecule has 0 aliphatic rings. The molecular formula is C41H60N2. The molecule has 5 rings (SSSR count). The Hall–Kier alpha value is -3.78. The van der Waals surface area contributed by atoms with Crippen molar-refractivity contribution in [2.75, 3.05) is 29.9 Å². The van der Waals surface area contributed by atoms with Crippen molar-refractivity contribution in [2.24, 2.45) is 0 Å². The van der Waals surface area contributed by atoms with E-state index in [4.69, 9.17) is 0 Å². The van der Waals surface area contributed by atoms with Crippen molar-refractivity contribution >= 4 is 38.6 Å². The summed E-state index contributed by atoms with van der Waals surface area (Å²) in [4.78, 5) is 4.68. The average Bonchev–Trinajstić information content (AvgIpc) is 3.12. The van der Waals surface area contributed by atoms with E-state index in [0.29, 0.717) is 0 Å². The predicted octanol–water partition coefficient (Wildman–Crippen LogP) is 13.4. The van der Waals surface area contributed by atoms with E-state index in [9.17, 15) is 0 Å². The fraction of sp³-hybridized carbons (Fsp3) is 0.366. The minimum Gasteiger partial charge on any atom is -0.375 e. The highest BCUT2D eigenvalue weighted by atomic mass is 15.1. The number of nitrogens with zero attached hydrogens (tertiary/aromatic N) is 2. The molecule has 0 spiro atoms. The van der Waals surface area contributed by atoms with Crippen LogP contribution in [0.2, 0.25) is 0 Å². The zero-order chi connectivity index (χ0) is 32.8. The number of anilines is 3. The molecule has 5 aromatic carbocycles. The largest absolute Gasteiger partial charge is 0.375 e. The second kappa shape index (κ2) is 22.8. The van der Waals surface area contributed by atoms with Crippen molar-refractivity contribution in [3.63, 3.8) is 0 Å². The van der Waals surface area contributed by atoms with Gasteiger partial charge in [0, 0.05) is 42.8 Å². The van der Waals surface area contributed by atoms with Crippen LogP contribution in [0.25, 0.3) is 32.7 Å². The van der Waals surface area contributed by atoms with Gasteiger partial charge in [-0.15, -0.1) is 0 Å². The van der Waals surface area contributed by atoms with Crippen LogP contribution in [0.3, 0.4) is 0 Å². The Labute approximate surface area is 265 Å². The highest BCUT2D eigenvalue weighted by Gasteiger charge is 2.14. The van der Waals surface area contributed by atoms with Gasteiger partial charge in [0.1, 0.15) is 0 Å². The van der Waals surface area contributed by atoms with E-state index in [1.54, 1.807) is 0 Å². The Morgan fingerprint density at radius 3 is 1.44 bits per heavy atom. The fourth-order valence-corrected chi connectivity index (χ4v) is 4.70. The topological polar surface area (TPSA) is 6.48 Å². The third-order valence-electron chi connectivity index (χ3n) is 6.63. The second-order valence-corrected chi connectivity index (χ2v) is 8.52. The van der Waals surface area contributed by atoms with Gasteiger partial charge >= 0.3 is 0 Å². The van der Waals surface area contributed by atoms with Crippen LogP contribution in [0, 0.1) is 0 Å². The molecule has 0 radical (unpaired) electrons. The van der Waals surface area contributed by atoms with E-state index < -0.39 is 0 Å². The maximum Gasteiger partial charge on any atom is 0.0490 e. The van der Waals surface area contributed by atoms with Gasteiger partial charge in [-0.05, 0) is 71.3 Å². The van der Waals surface area contributed by atoms with Gasteiger partial charge in [0.2, 0.25) is 0 Å². The summed E-state index contributed by atoms with van der Waals surface area (Å²) in [6.07, 6.45) is 0. The third kappa shape index (κ3) is 10.2. The second-order valence-electron chi connectivity index (χ2n) is 8.52. The van der Waals surface area contributed by atoms with E-state index >= 15 is 0 Å². The van der Waals surface area contributed by atoms with Crippen LogP contribution in [0.5, 0.6) is 0 Å². The summed E-state index contributed by atoms with van der Waals surface area (Å²) in [6, 6.07) is 37.5. The molecule has 0 heterocycles. The minimum atomic E-state index is 0.898. The molecule has 0 unspecified atom stereocenters. The summed E-state index contributed by atoms with van der Waals surface area (Å²) in [7, 11) is 2.14. The summed E-state index contributed by atoms with van der Waals surface area (Å²) in [6.45, 7) is 26.3. The molecule has 234 valence electrons. The van der Waals surface area contributed by atoms with Crippen LogP contribution >= 0.6 is 0 Å². The van der Waals surface area contributed by atoms with Gasteiger partial charge in [-0.2, -0.15) is 0 Å². The first-order valence-electron chi connectivity index (χ1n) is 16.8. The first-order valence-corrected chi connectivity index (χ1v) is 16.8. The Balaban J connectivity index is 0.00000161. The van der Waals surface area contributed by atoms with Gasteiger partial charge in [0.25, 0.3) is 0 Å². The number of rotatable bonds is 6. The van der Waals surface area contributed by atoms with Gasteiger partial charge in [-0.3, -0.25) is 0 Å². The number of hydrogen-bond acceptors (Lipinski definition) is 2. The van der Waals surface area contributed by atoms with Gasteiger partial charge < -0.3 is 9.80 Å². The van der Waals surface area contributed by atoms with Crippen LogP contribution in [-0.4, -0.2) is 20.1 Å². The molecule has 0 aliphatic carbocycles. The quantitative estimate of drug-likeness (QED) is 0.184.